The van der Waals surface area contributed by atoms with E-state index in [0.717, 1.165) is 48.4 Å². The predicted octanol–water partition coefficient (Wildman–Crippen LogP) is 8.07. The summed E-state index contributed by atoms with van der Waals surface area (Å²) in [6.45, 7) is 2.12. The van der Waals surface area contributed by atoms with Gasteiger partial charge in [-0.15, -0.1) is 0 Å². The van der Waals surface area contributed by atoms with Crippen molar-refractivity contribution >= 4 is 10.8 Å². The van der Waals surface area contributed by atoms with Gasteiger partial charge < -0.3 is 0 Å². The van der Waals surface area contributed by atoms with Crippen molar-refractivity contribution in [3.63, 3.8) is 0 Å². The van der Waals surface area contributed by atoms with Gasteiger partial charge in [-0.05, 0) is 59.2 Å². The summed E-state index contributed by atoms with van der Waals surface area (Å²) >= 11 is 0. The largest absolute Gasteiger partial charge is 0.207 e. The second-order valence-electron chi connectivity index (χ2n) is 7.41. The average Bonchev–Trinajstić information content (AvgIpc) is 2.72. The average molecular weight is 408 g/mol. The molecule has 0 nitrogen and oxygen atoms in total. The first-order chi connectivity index (χ1) is 14.5. The highest BCUT2D eigenvalue weighted by molar-refractivity contribution is 5.89. The first kappa shape index (κ1) is 20.1. The Morgan fingerprint density at radius 2 is 1.50 bits per heavy atom. The van der Waals surface area contributed by atoms with Crippen LogP contribution in [0.2, 0.25) is 0 Å². The lowest BCUT2D eigenvalue weighted by Crippen LogP contribution is -1.95. The summed E-state index contributed by atoms with van der Waals surface area (Å²) in [7, 11) is 0. The van der Waals surface area contributed by atoms with E-state index in [1.807, 2.05) is 12.1 Å². The molecular weight excluding hydrogens is 388 g/mol. The fraction of sp³-hybridized carbons (Fsp3) is 0.154. The van der Waals surface area contributed by atoms with Gasteiger partial charge in [0.2, 0.25) is 0 Å². The van der Waals surface area contributed by atoms with Crippen molar-refractivity contribution in [1.82, 2.24) is 0 Å². The molecule has 0 unspecified atom stereocenters. The minimum atomic E-state index is -0.870. The van der Waals surface area contributed by atoms with E-state index in [9.17, 15) is 13.2 Å². The molecule has 0 aliphatic carbocycles. The smallest absolute Gasteiger partial charge is 0.138 e. The molecule has 4 aromatic rings. The Kier molecular flexibility index (Phi) is 5.58. The molecule has 0 atom stereocenters. The van der Waals surface area contributed by atoms with Gasteiger partial charge in [-0.25, -0.2) is 17.6 Å². The van der Waals surface area contributed by atoms with Crippen LogP contribution >= 0.6 is 0 Å². The highest BCUT2D eigenvalue weighted by Crippen LogP contribution is 2.34. The van der Waals surface area contributed by atoms with E-state index in [-0.39, 0.29) is 22.3 Å². The van der Waals surface area contributed by atoms with Crippen LogP contribution in [-0.4, -0.2) is 0 Å². The number of hydrogen-bond donors (Lipinski definition) is 0. The lowest BCUT2D eigenvalue weighted by atomic mass is 9.95. The maximum atomic E-state index is 15.2. The van der Waals surface area contributed by atoms with Gasteiger partial charge in [0, 0.05) is 10.9 Å². The van der Waals surface area contributed by atoms with E-state index in [1.54, 1.807) is 12.1 Å². The first-order valence-electron chi connectivity index (χ1n) is 9.94. The molecule has 0 heterocycles. The van der Waals surface area contributed by atoms with Crippen LogP contribution in [0.5, 0.6) is 0 Å². The third kappa shape index (κ3) is 3.82. The van der Waals surface area contributed by atoms with E-state index in [1.165, 1.54) is 24.3 Å². The van der Waals surface area contributed by atoms with Crippen LogP contribution in [0.3, 0.4) is 0 Å². The summed E-state index contributed by atoms with van der Waals surface area (Å²) in [5, 5.41) is 1.16. The van der Waals surface area contributed by atoms with Gasteiger partial charge in [0.15, 0.2) is 0 Å². The predicted molar refractivity (Wildman–Crippen MR) is 113 cm³/mol. The van der Waals surface area contributed by atoms with Gasteiger partial charge in [-0.3, -0.25) is 0 Å². The monoisotopic (exact) mass is 408 g/mol. The van der Waals surface area contributed by atoms with Gasteiger partial charge in [-0.2, -0.15) is 0 Å². The Labute approximate surface area is 172 Å². The van der Waals surface area contributed by atoms with Crippen molar-refractivity contribution in [3.8, 4) is 22.3 Å². The fourth-order valence-electron chi connectivity index (χ4n) is 3.75. The van der Waals surface area contributed by atoms with Crippen molar-refractivity contribution in [1.29, 1.82) is 0 Å². The molecular formula is C26H20F4. The van der Waals surface area contributed by atoms with E-state index >= 15 is 4.39 Å². The minimum absolute atomic E-state index is 0.0927. The second-order valence-corrected chi connectivity index (χ2v) is 7.41. The molecule has 0 bridgehead atoms. The highest BCUT2D eigenvalue weighted by atomic mass is 19.1. The number of hydrogen-bond acceptors (Lipinski definition) is 0. The molecule has 0 aliphatic heterocycles. The molecule has 30 heavy (non-hydrogen) atoms. The molecule has 0 radical (unpaired) electrons. The summed E-state index contributed by atoms with van der Waals surface area (Å²) in [6, 6.07) is 16.1. The summed E-state index contributed by atoms with van der Waals surface area (Å²) in [5.41, 5.74) is 1.11. The molecule has 0 saturated heterocycles. The Morgan fingerprint density at radius 3 is 2.20 bits per heavy atom. The van der Waals surface area contributed by atoms with Gasteiger partial charge in [-0.1, -0.05) is 55.8 Å². The molecule has 4 aromatic carbocycles. The van der Waals surface area contributed by atoms with Crippen molar-refractivity contribution in [2.45, 2.75) is 26.2 Å². The van der Waals surface area contributed by atoms with Gasteiger partial charge in [0.05, 0.1) is 5.56 Å². The molecule has 0 aliphatic rings. The number of unbranched alkanes of at least 4 members (excludes halogenated alkanes) is 1. The number of rotatable bonds is 5. The van der Waals surface area contributed by atoms with Crippen LogP contribution in [0.15, 0.2) is 66.7 Å². The van der Waals surface area contributed by atoms with Gasteiger partial charge >= 0.3 is 0 Å². The van der Waals surface area contributed by atoms with Crippen molar-refractivity contribution < 1.29 is 17.6 Å². The maximum Gasteiger partial charge on any atom is 0.138 e. The molecule has 4 heteroatoms. The number of benzene rings is 4. The Hall–Kier alpha value is -3.14. The molecule has 0 N–H and O–H groups in total. The summed E-state index contributed by atoms with van der Waals surface area (Å²) < 4.78 is 58.1. The Morgan fingerprint density at radius 1 is 0.733 bits per heavy atom. The molecule has 0 aromatic heterocycles. The molecule has 0 fully saturated rings. The number of aryl methyl sites for hydroxylation is 1. The van der Waals surface area contributed by atoms with Gasteiger partial charge in [0.25, 0.3) is 0 Å². The van der Waals surface area contributed by atoms with E-state index in [0.29, 0.717) is 5.39 Å². The zero-order valence-corrected chi connectivity index (χ0v) is 16.5. The number of fused-ring (bicyclic) bond motifs is 1. The lowest BCUT2D eigenvalue weighted by molar-refractivity contribution is 0.589. The third-order valence-electron chi connectivity index (χ3n) is 5.30. The summed E-state index contributed by atoms with van der Waals surface area (Å²) in [5.74, 6) is -2.85. The van der Waals surface area contributed by atoms with E-state index < -0.39 is 23.3 Å². The Balaban J connectivity index is 1.77. The van der Waals surface area contributed by atoms with E-state index in [2.05, 4.69) is 6.92 Å². The molecule has 0 amide bonds. The van der Waals surface area contributed by atoms with Crippen molar-refractivity contribution in [3.05, 3.63) is 95.6 Å². The zero-order chi connectivity index (χ0) is 21.3. The van der Waals surface area contributed by atoms with Crippen molar-refractivity contribution in [2.75, 3.05) is 0 Å². The Bertz CT molecular complexity index is 1200. The molecule has 152 valence electrons. The quantitative estimate of drug-likeness (QED) is 0.293. The first-order valence-corrected chi connectivity index (χ1v) is 9.94. The number of halogens is 4. The van der Waals surface area contributed by atoms with Crippen LogP contribution in [0.25, 0.3) is 33.0 Å². The lowest BCUT2D eigenvalue weighted by Gasteiger charge is -2.12. The van der Waals surface area contributed by atoms with E-state index in [4.69, 9.17) is 0 Å². The van der Waals surface area contributed by atoms with Crippen LogP contribution in [0.1, 0.15) is 25.3 Å². The minimum Gasteiger partial charge on any atom is -0.207 e. The van der Waals surface area contributed by atoms with Crippen LogP contribution < -0.4 is 0 Å². The molecule has 4 rings (SSSR count). The summed E-state index contributed by atoms with van der Waals surface area (Å²) in [6.07, 6.45) is 3.06. The topological polar surface area (TPSA) is 0 Å². The van der Waals surface area contributed by atoms with Gasteiger partial charge in [0.1, 0.15) is 23.3 Å². The molecule has 0 spiro atoms. The van der Waals surface area contributed by atoms with Crippen LogP contribution in [0.4, 0.5) is 17.6 Å². The van der Waals surface area contributed by atoms with Crippen molar-refractivity contribution in [2.24, 2.45) is 0 Å². The van der Waals surface area contributed by atoms with Crippen LogP contribution in [-0.2, 0) is 6.42 Å². The molecule has 0 saturated carbocycles. The fourth-order valence-corrected chi connectivity index (χ4v) is 3.75. The highest BCUT2D eigenvalue weighted by Gasteiger charge is 2.17. The third-order valence-corrected chi connectivity index (χ3v) is 5.30. The zero-order valence-electron chi connectivity index (χ0n) is 16.5. The normalized spacial score (nSPS) is 11.2. The summed E-state index contributed by atoms with van der Waals surface area (Å²) in [4.78, 5) is 0. The maximum absolute atomic E-state index is 15.2. The SMILES string of the molecule is CCCCc1ccc2c(F)c(-c3cc(F)c(-c4cccc(F)c4)c(F)c3)ccc2c1. The standard InChI is InChI=1S/C26H20F4/c1-2-3-5-16-8-10-21-17(12-16)9-11-22(26(21)30)19-14-23(28)25(24(29)15-19)18-6-4-7-20(27)13-18/h4,6-15H,2-3,5H2,1H3. The second kappa shape index (κ2) is 8.31. The van der Waals surface area contributed by atoms with Crippen LogP contribution in [0, 0.1) is 23.3 Å².